The van der Waals surface area contributed by atoms with Gasteiger partial charge in [0.25, 0.3) is 0 Å². The lowest BCUT2D eigenvalue weighted by Gasteiger charge is -2.31. The highest BCUT2D eigenvalue weighted by Gasteiger charge is 2.31. The van der Waals surface area contributed by atoms with E-state index in [1.54, 1.807) is 0 Å². The molecule has 1 heterocycles. The first-order valence-corrected chi connectivity index (χ1v) is 10.5. The third-order valence-electron chi connectivity index (χ3n) is 4.59. The van der Waals surface area contributed by atoms with Crippen LogP contribution in [0.5, 0.6) is 0 Å². The maximum Gasteiger partial charge on any atom is 0.223 e. The molecule has 140 valence electrons. The number of benzene rings is 1. The van der Waals surface area contributed by atoms with Gasteiger partial charge in [-0.1, -0.05) is 25.5 Å². The van der Waals surface area contributed by atoms with Crippen LogP contribution in [0, 0.1) is 11.7 Å². The zero-order valence-corrected chi connectivity index (χ0v) is 15.7. The van der Waals surface area contributed by atoms with Crippen molar-refractivity contribution in [2.45, 2.75) is 51.3 Å². The highest BCUT2D eigenvalue weighted by molar-refractivity contribution is 7.88. The predicted molar refractivity (Wildman–Crippen MR) is 95.8 cm³/mol. The number of rotatable bonds is 7. The van der Waals surface area contributed by atoms with Gasteiger partial charge in [-0.3, -0.25) is 4.79 Å². The number of hydrogen-bond donors (Lipinski definition) is 1. The molecule has 5 nitrogen and oxygen atoms in total. The number of halogens is 1. The molecule has 0 spiro atoms. The Labute approximate surface area is 149 Å². The molecule has 2 rings (SSSR count). The van der Waals surface area contributed by atoms with Crippen LogP contribution in [0.15, 0.2) is 24.3 Å². The second kappa shape index (κ2) is 8.76. The first kappa shape index (κ1) is 19.8. The molecule has 1 fully saturated rings. The van der Waals surface area contributed by atoms with E-state index in [2.05, 4.69) is 12.2 Å². The Kier molecular flexibility index (Phi) is 6.95. The molecule has 0 radical (unpaired) electrons. The predicted octanol–water partition coefficient (Wildman–Crippen LogP) is 2.67. The summed E-state index contributed by atoms with van der Waals surface area (Å²) in [5.74, 6) is -0.629. The molecular formula is C18H27FN2O3S. The monoisotopic (exact) mass is 370 g/mol. The molecule has 0 saturated carbocycles. The normalized spacial score (nSPS) is 18.0. The van der Waals surface area contributed by atoms with E-state index < -0.39 is 10.0 Å². The SMILES string of the molecule is CCCC(C)NC(=O)C1CCN(S(=O)(=O)Cc2ccc(F)cc2)CC1. The molecule has 25 heavy (non-hydrogen) atoms. The van der Waals surface area contributed by atoms with Crippen LogP contribution in [-0.2, 0) is 20.6 Å². The van der Waals surface area contributed by atoms with Gasteiger partial charge in [-0.2, -0.15) is 0 Å². The van der Waals surface area contributed by atoms with Crippen LogP contribution >= 0.6 is 0 Å². The molecule has 0 aliphatic carbocycles. The molecule has 1 aromatic carbocycles. The van der Waals surface area contributed by atoms with Crippen molar-refractivity contribution in [3.8, 4) is 0 Å². The first-order valence-electron chi connectivity index (χ1n) is 8.84. The second-order valence-electron chi connectivity index (χ2n) is 6.75. The number of piperidine rings is 1. The topological polar surface area (TPSA) is 66.5 Å². The Morgan fingerprint density at radius 1 is 1.28 bits per heavy atom. The summed E-state index contributed by atoms with van der Waals surface area (Å²) in [5, 5.41) is 3.01. The van der Waals surface area contributed by atoms with Gasteiger partial charge >= 0.3 is 0 Å². The molecule has 1 amide bonds. The van der Waals surface area contributed by atoms with Crippen molar-refractivity contribution in [1.29, 1.82) is 0 Å². The van der Waals surface area contributed by atoms with Crippen molar-refractivity contribution in [2.24, 2.45) is 5.92 Å². The minimum absolute atomic E-state index is 0.0246. The Morgan fingerprint density at radius 2 is 1.88 bits per heavy atom. The third kappa shape index (κ3) is 5.78. The number of carbonyl (C=O) groups excluding carboxylic acids is 1. The fraction of sp³-hybridized carbons (Fsp3) is 0.611. The van der Waals surface area contributed by atoms with Crippen LogP contribution < -0.4 is 5.32 Å². The van der Waals surface area contributed by atoms with Crippen molar-refractivity contribution in [2.75, 3.05) is 13.1 Å². The summed E-state index contributed by atoms with van der Waals surface area (Å²) in [6.45, 7) is 4.77. The maximum absolute atomic E-state index is 12.9. The summed E-state index contributed by atoms with van der Waals surface area (Å²) in [6.07, 6.45) is 3.03. The van der Waals surface area contributed by atoms with E-state index in [-0.39, 0.29) is 29.4 Å². The molecular weight excluding hydrogens is 343 g/mol. The quantitative estimate of drug-likeness (QED) is 0.802. The van der Waals surface area contributed by atoms with Crippen LogP contribution in [0.2, 0.25) is 0 Å². The van der Waals surface area contributed by atoms with Crippen LogP contribution in [0.1, 0.15) is 45.1 Å². The Morgan fingerprint density at radius 3 is 2.44 bits per heavy atom. The van der Waals surface area contributed by atoms with Crippen molar-refractivity contribution in [1.82, 2.24) is 9.62 Å². The van der Waals surface area contributed by atoms with Crippen molar-refractivity contribution < 1.29 is 17.6 Å². The molecule has 1 N–H and O–H groups in total. The summed E-state index contributed by atoms with van der Waals surface area (Å²) in [5.41, 5.74) is 0.564. The Hall–Kier alpha value is -1.47. The van der Waals surface area contributed by atoms with E-state index in [4.69, 9.17) is 0 Å². The lowest BCUT2D eigenvalue weighted by Crippen LogP contribution is -2.45. The lowest BCUT2D eigenvalue weighted by atomic mass is 9.96. The van der Waals surface area contributed by atoms with Gasteiger partial charge in [-0.25, -0.2) is 17.1 Å². The average molecular weight is 370 g/mol. The minimum atomic E-state index is -3.45. The van der Waals surface area contributed by atoms with Gasteiger partial charge in [0.05, 0.1) is 5.75 Å². The fourth-order valence-electron chi connectivity index (χ4n) is 3.14. The molecule has 0 bridgehead atoms. The summed E-state index contributed by atoms with van der Waals surface area (Å²) >= 11 is 0. The van der Waals surface area contributed by atoms with Crippen LogP contribution in [0.25, 0.3) is 0 Å². The summed E-state index contributed by atoms with van der Waals surface area (Å²) in [4.78, 5) is 12.2. The molecule has 0 aromatic heterocycles. The molecule has 1 aromatic rings. The number of nitrogens with zero attached hydrogens (tertiary/aromatic N) is 1. The highest BCUT2D eigenvalue weighted by atomic mass is 32.2. The zero-order chi connectivity index (χ0) is 18.4. The number of sulfonamides is 1. The van der Waals surface area contributed by atoms with Gasteiger partial charge < -0.3 is 5.32 Å². The summed E-state index contributed by atoms with van der Waals surface area (Å²) in [6, 6.07) is 5.65. The van der Waals surface area contributed by atoms with E-state index in [1.165, 1.54) is 28.6 Å². The van der Waals surface area contributed by atoms with Crippen molar-refractivity contribution >= 4 is 15.9 Å². The minimum Gasteiger partial charge on any atom is -0.353 e. The van der Waals surface area contributed by atoms with Gasteiger partial charge in [0.15, 0.2) is 0 Å². The summed E-state index contributed by atoms with van der Waals surface area (Å²) < 4.78 is 39.4. The second-order valence-corrected chi connectivity index (χ2v) is 8.72. The largest absolute Gasteiger partial charge is 0.353 e. The van der Waals surface area contributed by atoms with E-state index in [9.17, 15) is 17.6 Å². The Bertz CT molecular complexity index is 668. The first-order chi connectivity index (χ1) is 11.8. The third-order valence-corrected chi connectivity index (χ3v) is 6.44. The van der Waals surface area contributed by atoms with Gasteiger partial charge in [0, 0.05) is 25.0 Å². The summed E-state index contributed by atoms with van der Waals surface area (Å²) in [7, 11) is -3.45. The van der Waals surface area contributed by atoms with E-state index >= 15 is 0 Å². The van der Waals surface area contributed by atoms with Crippen molar-refractivity contribution in [3.05, 3.63) is 35.6 Å². The van der Waals surface area contributed by atoms with E-state index in [0.29, 0.717) is 31.5 Å². The van der Waals surface area contributed by atoms with Crippen molar-refractivity contribution in [3.63, 3.8) is 0 Å². The van der Waals surface area contributed by atoms with Gasteiger partial charge in [-0.15, -0.1) is 0 Å². The molecule has 1 aliphatic heterocycles. The zero-order valence-electron chi connectivity index (χ0n) is 14.9. The molecule has 1 aliphatic rings. The van der Waals surface area contributed by atoms with Crippen LogP contribution in [0.3, 0.4) is 0 Å². The average Bonchev–Trinajstić information content (AvgIpc) is 2.57. The highest BCUT2D eigenvalue weighted by Crippen LogP contribution is 2.22. The van der Waals surface area contributed by atoms with Crippen LogP contribution in [-0.4, -0.2) is 37.8 Å². The molecule has 1 saturated heterocycles. The maximum atomic E-state index is 12.9. The fourth-order valence-corrected chi connectivity index (χ4v) is 4.71. The lowest BCUT2D eigenvalue weighted by molar-refractivity contribution is -0.126. The standard InChI is InChI=1S/C18H27FN2O3S/c1-3-4-14(2)20-18(22)16-9-11-21(12-10-16)25(23,24)13-15-5-7-17(19)8-6-15/h5-8,14,16H,3-4,9-13H2,1-2H3,(H,20,22). The molecule has 1 atom stereocenters. The van der Waals surface area contributed by atoms with Gasteiger partial charge in [-0.05, 0) is 43.9 Å². The number of amides is 1. The smallest absolute Gasteiger partial charge is 0.223 e. The van der Waals surface area contributed by atoms with E-state index in [1.807, 2.05) is 6.92 Å². The van der Waals surface area contributed by atoms with E-state index in [0.717, 1.165) is 12.8 Å². The van der Waals surface area contributed by atoms with Gasteiger partial charge in [0.1, 0.15) is 5.82 Å². The number of nitrogens with one attached hydrogen (secondary N) is 1. The molecule has 1 unspecified atom stereocenters. The molecule has 7 heteroatoms. The number of carbonyl (C=O) groups is 1. The Balaban J connectivity index is 1.88. The number of hydrogen-bond acceptors (Lipinski definition) is 3. The van der Waals surface area contributed by atoms with Gasteiger partial charge in [0.2, 0.25) is 15.9 Å². The van der Waals surface area contributed by atoms with Crippen LogP contribution in [0.4, 0.5) is 4.39 Å².